The van der Waals surface area contributed by atoms with Crippen molar-refractivity contribution in [1.82, 2.24) is 4.90 Å². The molecular formula is C14H18FNO3. The largest absolute Gasteiger partial charge is 0.508 e. The van der Waals surface area contributed by atoms with Crippen LogP contribution in [0.15, 0.2) is 18.2 Å². The minimum Gasteiger partial charge on any atom is -0.508 e. The molecule has 1 unspecified atom stereocenters. The molecule has 0 bridgehead atoms. The molecular weight excluding hydrogens is 249 g/mol. The van der Waals surface area contributed by atoms with Gasteiger partial charge in [0.2, 0.25) is 0 Å². The summed E-state index contributed by atoms with van der Waals surface area (Å²) in [6, 6.07) is 3.95. The number of carboxylic acids is 1. The summed E-state index contributed by atoms with van der Waals surface area (Å²) in [5.41, 5.74) is 0.582. The second kappa shape index (κ2) is 6.02. The van der Waals surface area contributed by atoms with Gasteiger partial charge in [-0.25, -0.2) is 4.39 Å². The second-order valence-electron chi connectivity index (χ2n) is 5.10. The molecule has 0 aromatic heterocycles. The molecule has 1 aromatic rings. The number of hydrogen-bond donors (Lipinski definition) is 2. The smallest absolute Gasteiger partial charge is 0.303 e. The molecule has 1 aromatic carbocycles. The predicted octanol–water partition coefficient (Wildman–Crippen LogP) is 2.22. The van der Waals surface area contributed by atoms with E-state index in [2.05, 4.69) is 4.90 Å². The average molecular weight is 267 g/mol. The lowest BCUT2D eigenvalue weighted by Crippen LogP contribution is -2.20. The van der Waals surface area contributed by atoms with Crippen molar-refractivity contribution in [3.05, 3.63) is 29.6 Å². The van der Waals surface area contributed by atoms with E-state index in [0.29, 0.717) is 24.4 Å². The molecule has 1 aliphatic heterocycles. The Morgan fingerprint density at radius 3 is 3.00 bits per heavy atom. The standard InChI is InChI=1S/C14H18FNO3/c15-12-2-3-13(17)11(7-12)9-16-6-5-10(8-16)1-4-14(18)19/h2-3,7,10,17H,1,4-6,8-9H2,(H,18,19). The molecule has 4 nitrogen and oxygen atoms in total. The van der Waals surface area contributed by atoms with Gasteiger partial charge in [0.15, 0.2) is 0 Å². The highest BCUT2D eigenvalue weighted by Gasteiger charge is 2.23. The van der Waals surface area contributed by atoms with Gasteiger partial charge >= 0.3 is 5.97 Å². The Morgan fingerprint density at radius 2 is 2.26 bits per heavy atom. The number of phenolic OH excluding ortho intramolecular Hbond substituents is 1. The molecule has 1 saturated heterocycles. The fourth-order valence-corrected chi connectivity index (χ4v) is 2.54. The molecule has 0 radical (unpaired) electrons. The number of nitrogens with zero attached hydrogens (tertiary/aromatic N) is 1. The third-order valence-electron chi connectivity index (χ3n) is 3.57. The first kappa shape index (κ1) is 13.8. The molecule has 2 N–H and O–H groups in total. The average Bonchev–Trinajstić information content (AvgIpc) is 2.79. The van der Waals surface area contributed by atoms with Gasteiger partial charge in [0.1, 0.15) is 11.6 Å². The van der Waals surface area contributed by atoms with Crippen LogP contribution < -0.4 is 0 Å². The lowest BCUT2D eigenvalue weighted by atomic mass is 10.0. The van der Waals surface area contributed by atoms with Crippen molar-refractivity contribution in [3.63, 3.8) is 0 Å². The molecule has 1 fully saturated rings. The van der Waals surface area contributed by atoms with Crippen molar-refractivity contribution in [2.75, 3.05) is 13.1 Å². The van der Waals surface area contributed by atoms with E-state index in [0.717, 1.165) is 19.5 Å². The minimum absolute atomic E-state index is 0.107. The van der Waals surface area contributed by atoms with Gasteiger partial charge in [-0.1, -0.05) is 0 Å². The minimum atomic E-state index is -0.763. The van der Waals surface area contributed by atoms with Crippen molar-refractivity contribution in [2.24, 2.45) is 5.92 Å². The van der Waals surface area contributed by atoms with E-state index in [-0.39, 0.29) is 18.0 Å². The van der Waals surface area contributed by atoms with Crippen LogP contribution in [0, 0.1) is 11.7 Å². The SMILES string of the molecule is O=C(O)CCC1CCN(Cc2cc(F)ccc2O)C1. The monoisotopic (exact) mass is 267 g/mol. The van der Waals surface area contributed by atoms with E-state index in [1.54, 1.807) is 0 Å². The second-order valence-corrected chi connectivity index (χ2v) is 5.10. The first-order chi connectivity index (χ1) is 9.04. The number of hydrogen-bond acceptors (Lipinski definition) is 3. The number of carboxylic acid groups (broad SMARTS) is 1. The number of halogens is 1. The molecule has 0 amide bonds. The van der Waals surface area contributed by atoms with Crippen molar-refractivity contribution in [3.8, 4) is 5.75 Å². The van der Waals surface area contributed by atoms with Gasteiger partial charge in [-0.2, -0.15) is 0 Å². The summed E-state index contributed by atoms with van der Waals surface area (Å²) < 4.78 is 13.1. The number of rotatable bonds is 5. The molecule has 1 heterocycles. The molecule has 1 aliphatic rings. The Kier molecular flexibility index (Phi) is 4.37. The number of carbonyl (C=O) groups is 1. The third-order valence-corrected chi connectivity index (χ3v) is 3.57. The molecule has 104 valence electrons. The van der Waals surface area contributed by atoms with E-state index in [9.17, 15) is 14.3 Å². The highest BCUT2D eigenvalue weighted by Crippen LogP contribution is 2.25. The van der Waals surface area contributed by atoms with Crippen LogP contribution in [0.5, 0.6) is 5.75 Å². The van der Waals surface area contributed by atoms with Crippen LogP contribution in [-0.2, 0) is 11.3 Å². The van der Waals surface area contributed by atoms with Gasteiger partial charge in [0.25, 0.3) is 0 Å². The van der Waals surface area contributed by atoms with Crippen LogP contribution in [0.2, 0.25) is 0 Å². The first-order valence-electron chi connectivity index (χ1n) is 6.46. The summed E-state index contributed by atoms with van der Waals surface area (Å²) in [6.45, 7) is 2.18. The maximum absolute atomic E-state index is 13.1. The number of likely N-dealkylation sites (tertiary alicyclic amines) is 1. The van der Waals surface area contributed by atoms with Crippen LogP contribution in [0.25, 0.3) is 0 Å². The van der Waals surface area contributed by atoms with Crippen LogP contribution in [0.4, 0.5) is 4.39 Å². The zero-order valence-electron chi connectivity index (χ0n) is 10.7. The first-order valence-corrected chi connectivity index (χ1v) is 6.46. The fourth-order valence-electron chi connectivity index (χ4n) is 2.54. The zero-order valence-corrected chi connectivity index (χ0v) is 10.7. The molecule has 5 heteroatoms. The normalized spacial score (nSPS) is 19.7. The Hall–Kier alpha value is -1.62. The maximum atomic E-state index is 13.1. The summed E-state index contributed by atoms with van der Waals surface area (Å²) in [6.07, 6.45) is 1.84. The predicted molar refractivity (Wildman–Crippen MR) is 68.3 cm³/mol. The third kappa shape index (κ3) is 3.92. The lowest BCUT2D eigenvalue weighted by Gasteiger charge is -2.16. The van der Waals surface area contributed by atoms with E-state index in [4.69, 9.17) is 5.11 Å². The number of phenols is 1. The van der Waals surface area contributed by atoms with Gasteiger partial charge in [0, 0.05) is 25.1 Å². The lowest BCUT2D eigenvalue weighted by molar-refractivity contribution is -0.137. The highest BCUT2D eigenvalue weighted by molar-refractivity contribution is 5.66. The summed E-state index contributed by atoms with van der Waals surface area (Å²) >= 11 is 0. The molecule has 2 rings (SSSR count). The van der Waals surface area contributed by atoms with Crippen LogP contribution >= 0.6 is 0 Å². The molecule has 19 heavy (non-hydrogen) atoms. The number of benzene rings is 1. The maximum Gasteiger partial charge on any atom is 0.303 e. The van der Waals surface area contributed by atoms with Gasteiger partial charge in [0.05, 0.1) is 0 Å². The number of aliphatic carboxylic acids is 1. The molecule has 1 atom stereocenters. The Balaban J connectivity index is 1.87. The van der Waals surface area contributed by atoms with Crippen LogP contribution in [-0.4, -0.2) is 34.2 Å². The van der Waals surface area contributed by atoms with E-state index in [1.165, 1.54) is 18.2 Å². The summed E-state index contributed by atoms with van der Waals surface area (Å²) in [5, 5.41) is 18.3. The zero-order chi connectivity index (χ0) is 13.8. The van der Waals surface area contributed by atoms with Crippen LogP contribution in [0.1, 0.15) is 24.8 Å². The molecule has 0 saturated carbocycles. The molecule has 0 spiro atoms. The summed E-state index contributed by atoms with van der Waals surface area (Å²) in [7, 11) is 0. The van der Waals surface area contributed by atoms with E-state index in [1.807, 2.05) is 0 Å². The van der Waals surface area contributed by atoms with E-state index >= 15 is 0 Å². The van der Waals surface area contributed by atoms with Gasteiger partial charge < -0.3 is 10.2 Å². The van der Waals surface area contributed by atoms with Crippen molar-refractivity contribution < 1.29 is 19.4 Å². The fraction of sp³-hybridized carbons (Fsp3) is 0.500. The molecule has 0 aliphatic carbocycles. The Morgan fingerprint density at radius 1 is 1.47 bits per heavy atom. The number of aromatic hydroxyl groups is 1. The quantitative estimate of drug-likeness (QED) is 0.858. The van der Waals surface area contributed by atoms with Crippen LogP contribution in [0.3, 0.4) is 0 Å². The van der Waals surface area contributed by atoms with Crippen molar-refractivity contribution in [1.29, 1.82) is 0 Å². The highest BCUT2D eigenvalue weighted by atomic mass is 19.1. The van der Waals surface area contributed by atoms with E-state index < -0.39 is 5.97 Å². The van der Waals surface area contributed by atoms with Gasteiger partial charge in [-0.3, -0.25) is 9.69 Å². The van der Waals surface area contributed by atoms with Crippen molar-refractivity contribution in [2.45, 2.75) is 25.8 Å². The van der Waals surface area contributed by atoms with Gasteiger partial charge in [-0.15, -0.1) is 0 Å². The van der Waals surface area contributed by atoms with Crippen molar-refractivity contribution >= 4 is 5.97 Å². The summed E-state index contributed by atoms with van der Waals surface area (Å²) in [5.74, 6) is -0.627. The van der Waals surface area contributed by atoms with Gasteiger partial charge in [-0.05, 0) is 43.5 Å². The topological polar surface area (TPSA) is 60.8 Å². The Labute approximate surface area is 111 Å². The Bertz CT molecular complexity index is 464. The summed E-state index contributed by atoms with van der Waals surface area (Å²) in [4.78, 5) is 12.6.